The van der Waals surface area contributed by atoms with Crippen molar-refractivity contribution in [3.05, 3.63) is 0 Å². The summed E-state index contributed by atoms with van der Waals surface area (Å²) in [6, 6.07) is 0.580. The summed E-state index contributed by atoms with van der Waals surface area (Å²) in [4.78, 5) is 14.4. The molecule has 0 unspecified atom stereocenters. The van der Waals surface area contributed by atoms with Gasteiger partial charge in [-0.05, 0) is 51.0 Å². The van der Waals surface area contributed by atoms with Gasteiger partial charge >= 0.3 is 0 Å². The fraction of sp³-hybridized carbons (Fsp3) is 0.933. The Kier molecular flexibility index (Phi) is 5.04. The lowest BCUT2D eigenvalue weighted by Gasteiger charge is -2.37. The minimum Gasteiger partial charge on any atom is -0.341 e. The van der Waals surface area contributed by atoms with Crippen LogP contribution >= 0.6 is 0 Å². The molecular formula is C15H28N2O. The van der Waals surface area contributed by atoms with Crippen LogP contribution in [0.1, 0.15) is 58.3 Å². The van der Waals surface area contributed by atoms with E-state index in [4.69, 9.17) is 0 Å². The van der Waals surface area contributed by atoms with Crippen molar-refractivity contribution < 1.29 is 4.79 Å². The maximum atomic E-state index is 12.4. The van der Waals surface area contributed by atoms with Gasteiger partial charge < -0.3 is 10.2 Å². The van der Waals surface area contributed by atoms with E-state index in [0.717, 1.165) is 18.9 Å². The minimum absolute atomic E-state index is 0.0904. The quantitative estimate of drug-likeness (QED) is 0.837. The Bertz CT molecular complexity index is 266. The van der Waals surface area contributed by atoms with Gasteiger partial charge in [0.05, 0.1) is 6.04 Å². The van der Waals surface area contributed by atoms with Crippen molar-refractivity contribution >= 4 is 5.91 Å². The summed E-state index contributed by atoms with van der Waals surface area (Å²) in [5.74, 6) is 1.23. The maximum Gasteiger partial charge on any atom is 0.239 e. The number of nitrogens with one attached hydrogen (secondary N) is 1. The molecule has 104 valence electrons. The van der Waals surface area contributed by atoms with E-state index in [1.165, 1.54) is 44.9 Å². The second-order valence-electron chi connectivity index (χ2n) is 6.03. The highest BCUT2D eigenvalue weighted by Gasteiger charge is 2.30. The first kappa shape index (κ1) is 13.9. The molecule has 1 saturated carbocycles. The van der Waals surface area contributed by atoms with Crippen LogP contribution in [0.5, 0.6) is 0 Å². The van der Waals surface area contributed by atoms with Crippen molar-refractivity contribution in [3.63, 3.8) is 0 Å². The van der Waals surface area contributed by atoms with E-state index in [1.807, 2.05) is 11.9 Å². The number of likely N-dealkylation sites (N-methyl/N-ethyl adjacent to an activating group) is 1. The molecule has 2 fully saturated rings. The number of carbonyl (C=O) groups is 1. The Labute approximate surface area is 111 Å². The largest absolute Gasteiger partial charge is 0.341 e. The third-order valence-corrected chi connectivity index (χ3v) is 4.90. The summed E-state index contributed by atoms with van der Waals surface area (Å²) in [5.41, 5.74) is 0. The smallest absolute Gasteiger partial charge is 0.239 e. The molecule has 0 aromatic heterocycles. The van der Waals surface area contributed by atoms with Crippen LogP contribution in [0, 0.1) is 5.92 Å². The number of piperidine rings is 1. The number of rotatable bonds is 3. The lowest BCUT2D eigenvalue weighted by Crippen LogP contribution is -2.51. The molecule has 0 aromatic carbocycles. The highest BCUT2D eigenvalue weighted by molar-refractivity contribution is 5.82. The van der Waals surface area contributed by atoms with Crippen LogP contribution in [0.15, 0.2) is 0 Å². The van der Waals surface area contributed by atoms with Gasteiger partial charge in [0, 0.05) is 13.1 Å². The van der Waals surface area contributed by atoms with Crippen molar-refractivity contribution in [2.45, 2.75) is 70.4 Å². The van der Waals surface area contributed by atoms with Gasteiger partial charge in [0.1, 0.15) is 0 Å². The van der Waals surface area contributed by atoms with Crippen molar-refractivity contribution in [1.82, 2.24) is 10.2 Å². The molecule has 3 nitrogen and oxygen atoms in total. The van der Waals surface area contributed by atoms with Crippen molar-refractivity contribution in [3.8, 4) is 0 Å². The summed E-state index contributed by atoms with van der Waals surface area (Å²) in [6.45, 7) is 3.29. The summed E-state index contributed by atoms with van der Waals surface area (Å²) in [5, 5.41) is 3.37. The van der Waals surface area contributed by atoms with Crippen LogP contribution in [-0.2, 0) is 4.79 Å². The molecule has 1 heterocycles. The minimum atomic E-state index is 0.0904. The SMILES string of the molecule is CCC1CCC(N(C)C(=O)[C@H]2CCCCN2)CC1. The Morgan fingerprint density at radius 2 is 1.89 bits per heavy atom. The third kappa shape index (κ3) is 3.25. The highest BCUT2D eigenvalue weighted by atomic mass is 16.2. The predicted octanol–water partition coefficient (Wildman–Crippen LogP) is 2.56. The Balaban J connectivity index is 1.83. The highest BCUT2D eigenvalue weighted by Crippen LogP contribution is 2.29. The lowest BCUT2D eigenvalue weighted by atomic mass is 9.84. The lowest BCUT2D eigenvalue weighted by molar-refractivity contribution is -0.135. The summed E-state index contributed by atoms with van der Waals surface area (Å²) >= 11 is 0. The molecule has 0 bridgehead atoms. The summed E-state index contributed by atoms with van der Waals surface area (Å²) in [7, 11) is 2.01. The second-order valence-corrected chi connectivity index (χ2v) is 6.03. The molecule has 1 atom stereocenters. The first-order valence-electron chi connectivity index (χ1n) is 7.72. The summed E-state index contributed by atoms with van der Waals surface area (Å²) < 4.78 is 0. The van der Waals surface area contributed by atoms with Gasteiger partial charge in [-0.15, -0.1) is 0 Å². The molecule has 1 saturated heterocycles. The number of carbonyl (C=O) groups excluding carboxylic acids is 1. The van der Waals surface area contributed by atoms with E-state index in [1.54, 1.807) is 0 Å². The predicted molar refractivity (Wildman–Crippen MR) is 74.4 cm³/mol. The van der Waals surface area contributed by atoms with Crippen LogP contribution < -0.4 is 5.32 Å². The van der Waals surface area contributed by atoms with Crippen LogP contribution in [-0.4, -0.2) is 36.5 Å². The van der Waals surface area contributed by atoms with Crippen LogP contribution in [0.3, 0.4) is 0 Å². The van der Waals surface area contributed by atoms with E-state index in [0.29, 0.717) is 11.9 Å². The molecule has 0 spiro atoms. The molecule has 1 N–H and O–H groups in total. The third-order valence-electron chi connectivity index (χ3n) is 4.90. The Morgan fingerprint density at radius 1 is 1.17 bits per heavy atom. The molecule has 1 amide bonds. The van der Waals surface area contributed by atoms with E-state index < -0.39 is 0 Å². The van der Waals surface area contributed by atoms with E-state index >= 15 is 0 Å². The number of amides is 1. The molecule has 3 heteroatoms. The topological polar surface area (TPSA) is 32.3 Å². The normalized spacial score (nSPS) is 33.1. The van der Waals surface area contributed by atoms with Gasteiger partial charge in [-0.3, -0.25) is 4.79 Å². The molecule has 2 rings (SSSR count). The van der Waals surface area contributed by atoms with Gasteiger partial charge in [-0.1, -0.05) is 19.8 Å². The fourth-order valence-corrected chi connectivity index (χ4v) is 3.43. The number of hydrogen-bond acceptors (Lipinski definition) is 2. The molecular weight excluding hydrogens is 224 g/mol. The first-order valence-corrected chi connectivity index (χ1v) is 7.72. The van der Waals surface area contributed by atoms with Crippen molar-refractivity contribution in [1.29, 1.82) is 0 Å². The molecule has 0 radical (unpaired) electrons. The molecule has 1 aliphatic carbocycles. The van der Waals surface area contributed by atoms with Crippen LogP contribution in [0.25, 0.3) is 0 Å². The molecule has 2 aliphatic rings. The van der Waals surface area contributed by atoms with Gasteiger partial charge in [0.25, 0.3) is 0 Å². The fourth-order valence-electron chi connectivity index (χ4n) is 3.43. The zero-order chi connectivity index (χ0) is 13.0. The zero-order valence-corrected chi connectivity index (χ0v) is 12.0. The average molecular weight is 252 g/mol. The molecule has 18 heavy (non-hydrogen) atoms. The average Bonchev–Trinajstić information content (AvgIpc) is 2.47. The van der Waals surface area contributed by atoms with E-state index in [2.05, 4.69) is 12.2 Å². The standard InChI is InChI=1S/C15H28N2O/c1-3-12-7-9-13(10-8-12)17(2)15(18)14-6-4-5-11-16-14/h12-14,16H,3-11H2,1-2H3/t12?,13?,14-/m1/s1. The van der Waals surface area contributed by atoms with E-state index in [-0.39, 0.29) is 6.04 Å². The molecule has 0 aromatic rings. The number of hydrogen-bond donors (Lipinski definition) is 1. The Morgan fingerprint density at radius 3 is 2.44 bits per heavy atom. The van der Waals surface area contributed by atoms with Crippen molar-refractivity contribution in [2.75, 3.05) is 13.6 Å². The second kappa shape index (κ2) is 6.55. The van der Waals surface area contributed by atoms with Crippen molar-refractivity contribution in [2.24, 2.45) is 5.92 Å². The van der Waals surface area contributed by atoms with Gasteiger partial charge in [0.15, 0.2) is 0 Å². The van der Waals surface area contributed by atoms with Gasteiger partial charge in [-0.2, -0.15) is 0 Å². The van der Waals surface area contributed by atoms with Gasteiger partial charge in [-0.25, -0.2) is 0 Å². The zero-order valence-electron chi connectivity index (χ0n) is 12.0. The number of nitrogens with zero attached hydrogens (tertiary/aromatic N) is 1. The van der Waals surface area contributed by atoms with Gasteiger partial charge in [0.2, 0.25) is 5.91 Å². The van der Waals surface area contributed by atoms with Crippen LogP contribution in [0.4, 0.5) is 0 Å². The van der Waals surface area contributed by atoms with Crippen LogP contribution in [0.2, 0.25) is 0 Å². The van der Waals surface area contributed by atoms with E-state index in [9.17, 15) is 4.79 Å². The molecule has 1 aliphatic heterocycles. The first-order chi connectivity index (χ1) is 8.72. The summed E-state index contributed by atoms with van der Waals surface area (Å²) in [6.07, 6.45) is 9.74. The monoisotopic (exact) mass is 252 g/mol. The Hall–Kier alpha value is -0.570. The maximum absolute atomic E-state index is 12.4.